The molecule has 0 spiro atoms. The summed E-state index contributed by atoms with van der Waals surface area (Å²) in [5, 5.41) is 37.3. The van der Waals surface area contributed by atoms with E-state index in [0.717, 1.165) is 57.8 Å². The Morgan fingerprint density at radius 3 is 1.29 bits per heavy atom. The van der Waals surface area contributed by atoms with E-state index in [-0.39, 0.29) is 128 Å². The molecule has 0 aromatic rings. The number of nitrogens with one attached hydrogen (secondary N) is 4. The van der Waals surface area contributed by atoms with Crippen molar-refractivity contribution in [2.45, 2.75) is 135 Å². The number of unbranched alkanes of at least 4 members (excludes halogenated alkanes) is 11. The van der Waals surface area contributed by atoms with Crippen molar-refractivity contribution < 1.29 is 72.6 Å². The third kappa shape index (κ3) is 36.2. The monoisotopic (exact) mass is 832 g/mol. The lowest BCUT2D eigenvalue weighted by molar-refractivity contribution is -0.143. The van der Waals surface area contributed by atoms with E-state index in [4.69, 9.17) is 29.2 Å². The number of ketones is 1. The number of carboxylic acid groups (broad SMARTS) is 3. The zero-order valence-electron chi connectivity index (χ0n) is 34.2. The third-order valence-corrected chi connectivity index (χ3v) is 8.60. The van der Waals surface area contributed by atoms with Gasteiger partial charge in [-0.2, -0.15) is 0 Å². The molecule has 19 nitrogen and oxygen atoms in total. The van der Waals surface area contributed by atoms with Gasteiger partial charge in [-0.25, -0.2) is 9.59 Å². The molecule has 0 radical (unpaired) electrons. The highest BCUT2D eigenvalue weighted by molar-refractivity contribution is 5.85. The van der Waals surface area contributed by atoms with Crippen LogP contribution in [-0.2, 0) is 57.3 Å². The molecule has 0 aromatic carbocycles. The van der Waals surface area contributed by atoms with Crippen molar-refractivity contribution >= 4 is 47.3 Å². The lowest BCUT2D eigenvalue weighted by Gasteiger charge is -2.14. The number of ether oxygens (including phenoxy) is 4. The van der Waals surface area contributed by atoms with E-state index in [1.165, 1.54) is 19.8 Å². The van der Waals surface area contributed by atoms with Gasteiger partial charge in [0.05, 0.1) is 39.6 Å². The Bertz CT molecular complexity index is 1200. The lowest BCUT2D eigenvalue weighted by atomic mass is 10.0. The number of hydrogen-bond donors (Lipinski definition) is 7. The van der Waals surface area contributed by atoms with Gasteiger partial charge >= 0.3 is 17.9 Å². The van der Waals surface area contributed by atoms with Gasteiger partial charge in [-0.3, -0.25) is 24.0 Å². The fourth-order valence-corrected chi connectivity index (χ4v) is 5.40. The zero-order chi connectivity index (χ0) is 43.2. The van der Waals surface area contributed by atoms with Crippen molar-refractivity contribution in [2.24, 2.45) is 0 Å². The van der Waals surface area contributed by atoms with E-state index in [2.05, 4.69) is 21.3 Å². The molecule has 0 saturated heterocycles. The number of carbonyl (C=O) groups is 8. The number of aliphatic carboxylic acids is 3. The average molecular weight is 833 g/mol. The summed E-state index contributed by atoms with van der Waals surface area (Å²) in [7, 11) is 0. The molecule has 0 unspecified atom stereocenters. The standard InChI is InChI=1S/C39H68N4O15/c1-30(44)16-17-31(38(51)52)43-36(48)29-58-27-25-56-23-21-41-35(47)28-57-26-24-55-22-20-40-33(45)19-18-32(39(53)54)42-34(46)14-12-10-8-6-4-2-3-5-7-9-11-13-15-37(49)50/h31-32H,2-29H2,1H3,(H,40,45)(H,41,47)(H,42,46)(H,43,48)(H,49,50)(H,51,52)(H,53,54)/t31-,32-/m0/s1. The molecular formula is C39H68N4O15. The van der Waals surface area contributed by atoms with E-state index in [0.29, 0.717) is 6.42 Å². The smallest absolute Gasteiger partial charge is 0.326 e. The molecule has 0 aromatic heterocycles. The van der Waals surface area contributed by atoms with Crippen LogP contribution < -0.4 is 21.3 Å². The summed E-state index contributed by atoms with van der Waals surface area (Å²) >= 11 is 0. The molecule has 19 heteroatoms. The number of carbonyl (C=O) groups excluding carboxylic acids is 5. The first-order chi connectivity index (χ1) is 27.8. The highest BCUT2D eigenvalue weighted by Crippen LogP contribution is 2.13. The second-order valence-electron chi connectivity index (χ2n) is 13.9. The quantitative estimate of drug-likeness (QED) is 0.0435. The van der Waals surface area contributed by atoms with E-state index in [1.807, 2.05) is 0 Å². The van der Waals surface area contributed by atoms with Gasteiger partial charge in [0.25, 0.3) is 0 Å². The molecule has 0 aliphatic carbocycles. The van der Waals surface area contributed by atoms with Crippen LogP contribution in [0.25, 0.3) is 0 Å². The summed E-state index contributed by atoms with van der Waals surface area (Å²) in [5.41, 5.74) is 0. The maximum atomic E-state index is 12.3. The van der Waals surface area contributed by atoms with Gasteiger partial charge in [0, 0.05) is 38.8 Å². The third-order valence-electron chi connectivity index (χ3n) is 8.60. The maximum absolute atomic E-state index is 12.3. The summed E-state index contributed by atoms with van der Waals surface area (Å²) < 4.78 is 21.0. The Balaban J connectivity index is 3.74. The minimum atomic E-state index is -1.24. The summed E-state index contributed by atoms with van der Waals surface area (Å²) in [6.07, 6.45) is 12.6. The van der Waals surface area contributed by atoms with Crippen molar-refractivity contribution in [2.75, 3.05) is 65.9 Å². The topological polar surface area (TPSA) is 282 Å². The van der Waals surface area contributed by atoms with Crippen LogP contribution in [0.3, 0.4) is 0 Å². The summed E-state index contributed by atoms with van der Waals surface area (Å²) in [6, 6.07) is -2.33. The minimum absolute atomic E-state index is 0.00913. The molecule has 334 valence electrons. The lowest BCUT2D eigenvalue weighted by Crippen LogP contribution is -2.42. The van der Waals surface area contributed by atoms with Gasteiger partial charge < -0.3 is 60.3 Å². The molecule has 2 atom stereocenters. The van der Waals surface area contributed by atoms with Crippen molar-refractivity contribution in [3.05, 3.63) is 0 Å². The Hall–Kier alpha value is -4.20. The van der Waals surface area contributed by atoms with Crippen LogP contribution in [0.1, 0.15) is 122 Å². The first-order valence-electron chi connectivity index (χ1n) is 20.4. The Kier molecular flexibility index (Phi) is 34.4. The van der Waals surface area contributed by atoms with E-state index in [1.54, 1.807) is 0 Å². The fraction of sp³-hybridized carbons (Fsp3) is 0.795. The van der Waals surface area contributed by atoms with Crippen LogP contribution in [-0.4, -0.2) is 141 Å². The number of carboxylic acids is 3. The van der Waals surface area contributed by atoms with Crippen molar-refractivity contribution in [3.63, 3.8) is 0 Å². The van der Waals surface area contributed by atoms with Crippen molar-refractivity contribution in [3.8, 4) is 0 Å². The second kappa shape index (κ2) is 37.1. The van der Waals surface area contributed by atoms with Crippen LogP contribution in [0.5, 0.6) is 0 Å². The number of amides is 4. The summed E-state index contributed by atoms with van der Waals surface area (Å²) in [6.45, 7) is 2.02. The van der Waals surface area contributed by atoms with Gasteiger partial charge in [-0.15, -0.1) is 0 Å². The van der Waals surface area contributed by atoms with Gasteiger partial charge in [0.2, 0.25) is 23.6 Å². The minimum Gasteiger partial charge on any atom is -0.481 e. The molecule has 0 aliphatic heterocycles. The predicted molar refractivity (Wildman–Crippen MR) is 210 cm³/mol. The highest BCUT2D eigenvalue weighted by atomic mass is 16.5. The molecule has 58 heavy (non-hydrogen) atoms. The molecule has 0 saturated carbocycles. The van der Waals surface area contributed by atoms with Gasteiger partial charge in [-0.05, 0) is 32.6 Å². The van der Waals surface area contributed by atoms with Crippen LogP contribution in [0.2, 0.25) is 0 Å². The van der Waals surface area contributed by atoms with E-state index in [9.17, 15) is 43.5 Å². The Labute approximate surface area is 341 Å². The number of hydrogen-bond acceptors (Lipinski definition) is 12. The summed E-state index contributed by atoms with van der Waals surface area (Å²) in [4.78, 5) is 92.5. The predicted octanol–water partition coefficient (Wildman–Crippen LogP) is 2.12. The Morgan fingerprint density at radius 1 is 0.431 bits per heavy atom. The molecule has 0 aliphatic rings. The van der Waals surface area contributed by atoms with Crippen LogP contribution in [0.15, 0.2) is 0 Å². The van der Waals surface area contributed by atoms with Crippen LogP contribution in [0.4, 0.5) is 0 Å². The van der Waals surface area contributed by atoms with Crippen LogP contribution >= 0.6 is 0 Å². The maximum Gasteiger partial charge on any atom is 0.326 e. The average Bonchev–Trinajstić information content (AvgIpc) is 3.16. The van der Waals surface area contributed by atoms with Gasteiger partial charge in [-0.1, -0.05) is 64.2 Å². The molecule has 7 N–H and O–H groups in total. The molecule has 4 amide bonds. The zero-order valence-corrected chi connectivity index (χ0v) is 34.2. The number of Topliss-reactive ketones (excluding diaryl/α,β-unsaturated/α-hetero) is 1. The first-order valence-corrected chi connectivity index (χ1v) is 20.4. The number of rotatable bonds is 41. The highest BCUT2D eigenvalue weighted by Gasteiger charge is 2.21. The fourth-order valence-electron chi connectivity index (χ4n) is 5.40. The van der Waals surface area contributed by atoms with E-state index >= 15 is 0 Å². The molecule has 0 heterocycles. The SMILES string of the molecule is CC(=O)CC[C@H](NC(=O)COCCOCCNC(=O)COCCOCCNC(=O)CC[C@H](NC(=O)CCCCCCCCCCCCCCC(=O)O)C(=O)O)C(=O)O. The van der Waals surface area contributed by atoms with Crippen molar-refractivity contribution in [1.82, 2.24) is 21.3 Å². The first kappa shape index (κ1) is 53.8. The Morgan fingerprint density at radius 2 is 0.828 bits per heavy atom. The van der Waals surface area contributed by atoms with Crippen LogP contribution in [0, 0.1) is 0 Å². The normalized spacial score (nSPS) is 11.9. The van der Waals surface area contributed by atoms with Crippen molar-refractivity contribution in [1.29, 1.82) is 0 Å². The molecule has 0 bridgehead atoms. The van der Waals surface area contributed by atoms with Gasteiger partial charge in [0.15, 0.2) is 0 Å². The molecule has 0 fully saturated rings. The van der Waals surface area contributed by atoms with Gasteiger partial charge in [0.1, 0.15) is 31.1 Å². The largest absolute Gasteiger partial charge is 0.481 e. The summed E-state index contributed by atoms with van der Waals surface area (Å²) in [5.74, 6) is -5.07. The van der Waals surface area contributed by atoms with E-state index < -0.39 is 35.9 Å². The second-order valence-corrected chi connectivity index (χ2v) is 13.9. The molecular weight excluding hydrogens is 764 g/mol. The molecule has 0 rings (SSSR count).